The van der Waals surface area contributed by atoms with Gasteiger partial charge in [0, 0.05) is 0 Å². The van der Waals surface area contributed by atoms with Gasteiger partial charge in [-0.3, -0.25) is 0 Å². The number of ether oxygens (including phenoxy) is 2. The quantitative estimate of drug-likeness (QED) is 0.807. The lowest BCUT2D eigenvalue weighted by Crippen LogP contribution is -2.00. The highest BCUT2D eigenvalue weighted by Gasteiger charge is 2.18. The monoisotopic (exact) mass is 301 g/mol. The first-order valence-corrected chi connectivity index (χ1v) is 6.63. The lowest BCUT2D eigenvalue weighted by atomic mass is 10.1. The molecule has 0 aliphatic heterocycles. The van der Waals surface area contributed by atoms with Crippen molar-refractivity contribution in [2.45, 2.75) is 20.3 Å². The van der Waals surface area contributed by atoms with Crippen molar-refractivity contribution < 1.29 is 18.3 Å². The first kappa shape index (κ1) is 14.8. The Morgan fingerprint density at radius 3 is 2.35 bits per heavy atom. The van der Waals surface area contributed by atoms with E-state index in [1.54, 1.807) is 19.1 Å². The molecule has 0 bridgehead atoms. The van der Waals surface area contributed by atoms with Gasteiger partial charge in [-0.25, -0.2) is 13.8 Å². The Balaban J connectivity index is 2.74. The summed E-state index contributed by atoms with van der Waals surface area (Å²) in [6.07, 6.45) is -2.69. The average molecular weight is 302 g/mol. The smallest absolute Gasteiger partial charge is 0.280 e. The maximum Gasteiger partial charge on any atom is 0.280 e. The van der Waals surface area contributed by atoms with E-state index in [0.29, 0.717) is 35.6 Å². The van der Waals surface area contributed by atoms with Crippen molar-refractivity contribution in [2.24, 2.45) is 0 Å². The summed E-state index contributed by atoms with van der Waals surface area (Å²) in [6.45, 7) is 4.48. The van der Waals surface area contributed by atoms with Gasteiger partial charge < -0.3 is 9.47 Å². The highest BCUT2D eigenvalue weighted by Crippen LogP contribution is 2.38. The zero-order valence-electron chi connectivity index (χ0n) is 11.1. The number of fused-ring (bicyclic) bond motifs is 1. The molecule has 2 rings (SSSR count). The van der Waals surface area contributed by atoms with Gasteiger partial charge in [-0.05, 0) is 32.0 Å². The van der Waals surface area contributed by atoms with Gasteiger partial charge in [-0.2, -0.15) is 0 Å². The van der Waals surface area contributed by atoms with Gasteiger partial charge in [0.05, 0.1) is 23.6 Å². The summed E-state index contributed by atoms with van der Waals surface area (Å²) in [5.74, 6) is 0.916. The molecule has 1 aromatic heterocycles. The van der Waals surface area contributed by atoms with Crippen molar-refractivity contribution in [3.63, 3.8) is 0 Å². The molecule has 20 heavy (non-hydrogen) atoms. The van der Waals surface area contributed by atoms with E-state index in [0.717, 1.165) is 6.07 Å². The van der Waals surface area contributed by atoms with Crippen LogP contribution in [0.25, 0.3) is 10.9 Å². The predicted octanol–water partition coefficient (Wildman–Crippen LogP) is 4.62. The van der Waals surface area contributed by atoms with Gasteiger partial charge in [0.15, 0.2) is 0 Å². The number of alkyl halides is 2. The van der Waals surface area contributed by atoms with E-state index >= 15 is 0 Å². The first-order valence-electron chi connectivity index (χ1n) is 6.25. The van der Waals surface area contributed by atoms with Gasteiger partial charge in [-0.15, -0.1) is 0 Å². The van der Waals surface area contributed by atoms with E-state index < -0.39 is 6.43 Å². The van der Waals surface area contributed by atoms with Crippen LogP contribution in [-0.4, -0.2) is 18.2 Å². The molecule has 6 heteroatoms. The number of rotatable bonds is 5. The minimum absolute atomic E-state index is 0.176. The second-order valence-corrected chi connectivity index (χ2v) is 4.39. The first-order chi connectivity index (χ1) is 9.58. The van der Waals surface area contributed by atoms with Crippen molar-refractivity contribution in [1.29, 1.82) is 0 Å². The van der Waals surface area contributed by atoms with Crippen molar-refractivity contribution in [1.82, 2.24) is 4.98 Å². The molecule has 108 valence electrons. The van der Waals surface area contributed by atoms with Gasteiger partial charge in [0.2, 0.25) is 0 Å². The Labute approximate surface area is 120 Å². The van der Waals surface area contributed by atoms with Crippen LogP contribution >= 0.6 is 11.6 Å². The molecule has 0 unspecified atom stereocenters. The number of hydrogen-bond acceptors (Lipinski definition) is 3. The Kier molecular flexibility index (Phi) is 4.60. The second kappa shape index (κ2) is 6.22. The predicted molar refractivity (Wildman–Crippen MR) is 74.0 cm³/mol. The molecular formula is C14H14ClF2NO2. The molecule has 3 nitrogen and oxygen atoms in total. The fourth-order valence-corrected chi connectivity index (χ4v) is 2.21. The maximum absolute atomic E-state index is 12.8. The minimum atomic E-state index is -2.69. The summed E-state index contributed by atoms with van der Waals surface area (Å²) in [4.78, 5) is 3.96. The molecule has 0 amide bonds. The minimum Gasteiger partial charge on any atom is -0.493 e. The molecule has 1 heterocycles. The van der Waals surface area contributed by atoms with Crippen LogP contribution in [0.2, 0.25) is 5.02 Å². The number of aromatic nitrogens is 1. The topological polar surface area (TPSA) is 31.4 Å². The molecule has 2 aromatic rings. The molecule has 0 saturated heterocycles. The van der Waals surface area contributed by atoms with Gasteiger partial charge in [-0.1, -0.05) is 11.6 Å². The van der Waals surface area contributed by atoms with Crippen LogP contribution in [0.4, 0.5) is 8.78 Å². The molecule has 0 spiro atoms. The standard InChI is InChI=1S/C14H14ClF2NO2/c1-3-19-10-5-6-11(20-4-2)13-12(10)8(15)7-9(18-13)14(16)17/h5-7,14H,3-4H2,1-2H3. The molecule has 0 fully saturated rings. The number of benzene rings is 1. The molecule has 0 atom stereocenters. The molecule has 0 aliphatic carbocycles. The van der Waals surface area contributed by atoms with E-state index in [9.17, 15) is 8.78 Å². The number of nitrogens with zero attached hydrogens (tertiary/aromatic N) is 1. The van der Waals surface area contributed by atoms with Gasteiger partial charge in [0.25, 0.3) is 6.43 Å². The Bertz CT molecular complexity index is 620. The second-order valence-electron chi connectivity index (χ2n) is 3.98. The number of pyridine rings is 1. The fraction of sp³-hybridized carbons (Fsp3) is 0.357. The van der Waals surface area contributed by atoms with Crippen molar-refractivity contribution in [2.75, 3.05) is 13.2 Å². The zero-order valence-corrected chi connectivity index (χ0v) is 11.9. The van der Waals surface area contributed by atoms with Crippen LogP contribution in [0.15, 0.2) is 18.2 Å². The SMILES string of the molecule is CCOc1ccc(OCC)c2c(Cl)cc(C(F)F)nc12. The summed E-state index contributed by atoms with van der Waals surface area (Å²) < 4.78 is 36.6. The molecule has 1 aromatic carbocycles. The number of halogens is 3. The van der Waals surface area contributed by atoms with Crippen molar-refractivity contribution >= 4 is 22.5 Å². The van der Waals surface area contributed by atoms with Crippen molar-refractivity contribution in [3.05, 3.63) is 28.9 Å². The van der Waals surface area contributed by atoms with Crippen LogP contribution in [0.5, 0.6) is 11.5 Å². The van der Waals surface area contributed by atoms with Gasteiger partial charge >= 0.3 is 0 Å². The maximum atomic E-state index is 12.8. The summed E-state index contributed by atoms with van der Waals surface area (Å²) in [6, 6.07) is 4.51. The lowest BCUT2D eigenvalue weighted by molar-refractivity contribution is 0.146. The highest BCUT2D eigenvalue weighted by atomic mass is 35.5. The van der Waals surface area contributed by atoms with Crippen LogP contribution in [-0.2, 0) is 0 Å². The largest absolute Gasteiger partial charge is 0.493 e. The molecule has 0 aliphatic rings. The van der Waals surface area contributed by atoms with Crippen LogP contribution in [0.3, 0.4) is 0 Å². The molecular weight excluding hydrogens is 288 g/mol. The molecule has 0 radical (unpaired) electrons. The summed E-state index contributed by atoms with van der Waals surface area (Å²) in [5, 5.41) is 0.666. The molecule has 0 N–H and O–H groups in total. The third kappa shape index (κ3) is 2.77. The summed E-state index contributed by atoms with van der Waals surface area (Å²) >= 11 is 6.11. The van der Waals surface area contributed by atoms with Crippen LogP contribution in [0.1, 0.15) is 26.0 Å². The van der Waals surface area contributed by atoms with E-state index in [2.05, 4.69) is 4.98 Å². The normalized spacial score (nSPS) is 11.1. The average Bonchev–Trinajstić information content (AvgIpc) is 2.41. The highest BCUT2D eigenvalue weighted by molar-refractivity contribution is 6.36. The van der Waals surface area contributed by atoms with Crippen molar-refractivity contribution in [3.8, 4) is 11.5 Å². The fourth-order valence-electron chi connectivity index (χ4n) is 1.92. The Hall–Kier alpha value is -1.62. The van der Waals surface area contributed by atoms with E-state index in [1.165, 1.54) is 0 Å². The van der Waals surface area contributed by atoms with Gasteiger partial charge in [0.1, 0.15) is 22.7 Å². The third-order valence-corrected chi connectivity index (χ3v) is 2.98. The van der Waals surface area contributed by atoms with Crippen LogP contribution in [0, 0.1) is 0 Å². The van der Waals surface area contributed by atoms with E-state index in [-0.39, 0.29) is 10.7 Å². The van der Waals surface area contributed by atoms with E-state index in [1.807, 2.05) is 6.92 Å². The summed E-state index contributed by atoms with van der Waals surface area (Å²) in [7, 11) is 0. The zero-order chi connectivity index (χ0) is 14.7. The summed E-state index contributed by atoms with van der Waals surface area (Å²) in [5.41, 5.74) is -0.0855. The molecule has 0 saturated carbocycles. The third-order valence-electron chi connectivity index (χ3n) is 2.68. The number of hydrogen-bond donors (Lipinski definition) is 0. The Morgan fingerprint density at radius 2 is 1.75 bits per heavy atom. The van der Waals surface area contributed by atoms with Crippen LogP contribution < -0.4 is 9.47 Å². The lowest BCUT2D eigenvalue weighted by Gasteiger charge is -2.13. The van der Waals surface area contributed by atoms with E-state index in [4.69, 9.17) is 21.1 Å². The Morgan fingerprint density at radius 1 is 1.15 bits per heavy atom.